The molecule has 0 atom stereocenters. The number of aromatic carboxylic acids is 2. The van der Waals surface area contributed by atoms with Gasteiger partial charge < -0.3 is 20.8 Å². The van der Waals surface area contributed by atoms with Crippen LogP contribution in [-0.4, -0.2) is 44.6 Å². The molecule has 2 aromatic rings. The summed E-state index contributed by atoms with van der Waals surface area (Å²) in [4.78, 5) is 42.7. The summed E-state index contributed by atoms with van der Waals surface area (Å²) in [6, 6.07) is 5.33. The number of aromatic nitrogens is 2. The van der Waals surface area contributed by atoms with Crippen molar-refractivity contribution in [3.8, 4) is 0 Å². The van der Waals surface area contributed by atoms with Crippen LogP contribution in [0, 0.1) is 13.8 Å². The van der Waals surface area contributed by atoms with Crippen LogP contribution in [0.15, 0.2) is 24.3 Å². The van der Waals surface area contributed by atoms with Gasteiger partial charge >= 0.3 is 11.9 Å². The van der Waals surface area contributed by atoms with Crippen LogP contribution < -0.4 is 10.6 Å². The van der Waals surface area contributed by atoms with E-state index in [0.29, 0.717) is 18.9 Å². The van der Waals surface area contributed by atoms with Crippen molar-refractivity contribution in [1.29, 1.82) is 0 Å². The minimum atomic E-state index is -1.27. The molecule has 0 spiro atoms. The van der Waals surface area contributed by atoms with Crippen molar-refractivity contribution in [1.82, 2.24) is 9.97 Å². The first kappa shape index (κ1) is 19.8. The van der Waals surface area contributed by atoms with Crippen molar-refractivity contribution in [2.45, 2.75) is 26.7 Å². The lowest BCUT2D eigenvalue weighted by molar-refractivity contribution is -0.116. The van der Waals surface area contributed by atoms with Crippen molar-refractivity contribution in [2.24, 2.45) is 0 Å². The third kappa shape index (κ3) is 6.07. The summed E-state index contributed by atoms with van der Waals surface area (Å²) >= 11 is 0. The lowest BCUT2D eigenvalue weighted by atomic mass is 10.1. The number of hydrogen-bond donors (Lipinski definition) is 4. The molecule has 1 aromatic heterocycles. The zero-order chi connectivity index (χ0) is 20.0. The van der Waals surface area contributed by atoms with E-state index in [1.807, 2.05) is 19.9 Å². The molecule has 142 valence electrons. The van der Waals surface area contributed by atoms with Crippen LogP contribution in [0.1, 0.15) is 44.9 Å². The molecule has 0 unspecified atom stereocenters. The molecule has 9 nitrogen and oxygen atoms in total. The summed E-state index contributed by atoms with van der Waals surface area (Å²) in [5.41, 5.74) is 1.39. The highest BCUT2D eigenvalue weighted by atomic mass is 16.4. The second-order valence-electron chi connectivity index (χ2n) is 5.96. The molecule has 0 saturated carbocycles. The second-order valence-corrected chi connectivity index (χ2v) is 5.96. The molecular formula is C18H20N4O5. The van der Waals surface area contributed by atoms with Gasteiger partial charge in [-0.05, 0) is 44.5 Å². The highest BCUT2D eigenvalue weighted by Gasteiger charge is 2.13. The van der Waals surface area contributed by atoms with Gasteiger partial charge in [-0.15, -0.1) is 0 Å². The van der Waals surface area contributed by atoms with E-state index in [9.17, 15) is 14.4 Å². The van der Waals surface area contributed by atoms with Gasteiger partial charge in [0.05, 0.1) is 11.1 Å². The average molecular weight is 372 g/mol. The van der Waals surface area contributed by atoms with Crippen molar-refractivity contribution in [3.63, 3.8) is 0 Å². The maximum atomic E-state index is 12.0. The molecular weight excluding hydrogens is 352 g/mol. The quantitative estimate of drug-likeness (QED) is 0.517. The predicted molar refractivity (Wildman–Crippen MR) is 98.2 cm³/mol. The fourth-order valence-electron chi connectivity index (χ4n) is 2.42. The molecule has 1 heterocycles. The van der Waals surface area contributed by atoms with Gasteiger partial charge in [-0.2, -0.15) is 0 Å². The van der Waals surface area contributed by atoms with E-state index in [0.717, 1.165) is 17.5 Å². The largest absolute Gasteiger partial charge is 0.478 e. The van der Waals surface area contributed by atoms with Crippen molar-refractivity contribution >= 4 is 29.5 Å². The Balaban J connectivity index is 1.90. The van der Waals surface area contributed by atoms with Gasteiger partial charge in [0.25, 0.3) is 0 Å². The third-order valence-electron chi connectivity index (χ3n) is 3.56. The number of amides is 1. The molecule has 1 amide bonds. The number of carbonyl (C=O) groups excluding carboxylic acids is 1. The topological polar surface area (TPSA) is 142 Å². The Bertz CT molecular complexity index is 830. The summed E-state index contributed by atoms with van der Waals surface area (Å²) in [6.45, 7) is 4.21. The average Bonchev–Trinajstić information content (AvgIpc) is 2.57. The first-order valence-corrected chi connectivity index (χ1v) is 8.22. The Morgan fingerprint density at radius 3 is 2.00 bits per heavy atom. The lowest BCUT2D eigenvalue weighted by Gasteiger charge is -2.09. The minimum Gasteiger partial charge on any atom is -0.478 e. The molecule has 0 saturated heterocycles. The number of rotatable bonds is 8. The van der Waals surface area contributed by atoms with E-state index in [2.05, 4.69) is 20.6 Å². The standard InChI is InChI=1S/C18H20N4O5/c1-10-6-11(2)21-18(20-10)19-5-3-4-15(23)22-14-8-12(16(24)25)7-13(9-14)17(26)27/h6-9H,3-5H2,1-2H3,(H,22,23)(H,24,25)(H,26,27)(H,19,20,21). The van der Waals surface area contributed by atoms with Crippen LogP contribution in [-0.2, 0) is 4.79 Å². The van der Waals surface area contributed by atoms with Gasteiger partial charge in [0.1, 0.15) is 0 Å². The van der Waals surface area contributed by atoms with Crippen LogP contribution in [0.25, 0.3) is 0 Å². The van der Waals surface area contributed by atoms with Gasteiger partial charge in [0.15, 0.2) is 0 Å². The Labute approximate surface area is 155 Å². The zero-order valence-corrected chi connectivity index (χ0v) is 14.9. The van der Waals surface area contributed by atoms with Crippen molar-refractivity contribution in [2.75, 3.05) is 17.2 Å². The number of carboxylic acids is 2. The van der Waals surface area contributed by atoms with Crippen LogP contribution in [0.3, 0.4) is 0 Å². The predicted octanol–water partition coefficient (Wildman–Crippen LogP) is 2.32. The number of carbonyl (C=O) groups is 3. The zero-order valence-electron chi connectivity index (χ0n) is 14.9. The lowest BCUT2D eigenvalue weighted by Crippen LogP contribution is -2.15. The number of hydrogen-bond acceptors (Lipinski definition) is 6. The normalized spacial score (nSPS) is 10.3. The van der Waals surface area contributed by atoms with Crippen LogP contribution >= 0.6 is 0 Å². The van der Waals surface area contributed by atoms with E-state index in [1.165, 1.54) is 12.1 Å². The maximum Gasteiger partial charge on any atom is 0.335 e. The van der Waals surface area contributed by atoms with Gasteiger partial charge in [-0.25, -0.2) is 19.6 Å². The molecule has 27 heavy (non-hydrogen) atoms. The van der Waals surface area contributed by atoms with E-state index in [4.69, 9.17) is 10.2 Å². The molecule has 0 radical (unpaired) electrons. The smallest absolute Gasteiger partial charge is 0.335 e. The monoisotopic (exact) mass is 372 g/mol. The summed E-state index contributed by atoms with van der Waals surface area (Å²) in [7, 11) is 0. The number of anilines is 2. The van der Waals surface area contributed by atoms with Gasteiger partial charge in [-0.1, -0.05) is 0 Å². The highest BCUT2D eigenvalue weighted by Crippen LogP contribution is 2.16. The van der Waals surface area contributed by atoms with E-state index >= 15 is 0 Å². The highest BCUT2D eigenvalue weighted by molar-refractivity contribution is 5.98. The SMILES string of the molecule is Cc1cc(C)nc(NCCCC(=O)Nc2cc(C(=O)O)cc(C(=O)O)c2)n1. The molecule has 0 aliphatic heterocycles. The van der Waals surface area contributed by atoms with E-state index in [-0.39, 0.29) is 29.1 Å². The van der Waals surface area contributed by atoms with Gasteiger partial charge in [0, 0.05) is 30.0 Å². The number of carboxylic acid groups (broad SMARTS) is 2. The fourth-order valence-corrected chi connectivity index (χ4v) is 2.42. The fraction of sp³-hybridized carbons (Fsp3) is 0.278. The van der Waals surface area contributed by atoms with E-state index in [1.54, 1.807) is 0 Å². The molecule has 1 aromatic carbocycles. The van der Waals surface area contributed by atoms with Crippen LogP contribution in [0.2, 0.25) is 0 Å². The number of nitrogens with one attached hydrogen (secondary N) is 2. The number of aryl methyl sites for hydroxylation is 2. The summed E-state index contributed by atoms with van der Waals surface area (Å²) in [5.74, 6) is -2.40. The Hall–Kier alpha value is -3.49. The Morgan fingerprint density at radius 2 is 1.48 bits per heavy atom. The minimum absolute atomic E-state index is 0.128. The molecule has 0 fully saturated rings. The first-order valence-electron chi connectivity index (χ1n) is 8.22. The Morgan fingerprint density at radius 1 is 0.926 bits per heavy atom. The van der Waals surface area contributed by atoms with Crippen LogP contribution in [0.5, 0.6) is 0 Å². The van der Waals surface area contributed by atoms with Gasteiger partial charge in [0.2, 0.25) is 11.9 Å². The van der Waals surface area contributed by atoms with E-state index < -0.39 is 11.9 Å². The molecule has 0 bridgehead atoms. The van der Waals surface area contributed by atoms with Crippen LogP contribution in [0.4, 0.5) is 11.6 Å². The molecule has 9 heteroatoms. The first-order chi connectivity index (χ1) is 12.7. The molecule has 2 rings (SSSR count). The molecule has 4 N–H and O–H groups in total. The Kier molecular flexibility index (Phi) is 6.42. The van der Waals surface area contributed by atoms with Gasteiger partial charge in [-0.3, -0.25) is 4.79 Å². The number of nitrogens with zero attached hydrogens (tertiary/aromatic N) is 2. The summed E-state index contributed by atoms with van der Waals surface area (Å²) in [5, 5.41) is 23.6. The summed E-state index contributed by atoms with van der Waals surface area (Å²) < 4.78 is 0. The third-order valence-corrected chi connectivity index (χ3v) is 3.56. The second kappa shape index (κ2) is 8.75. The molecule has 0 aliphatic carbocycles. The number of benzene rings is 1. The summed E-state index contributed by atoms with van der Waals surface area (Å²) in [6.07, 6.45) is 0.657. The van der Waals surface area contributed by atoms with Crippen molar-refractivity contribution in [3.05, 3.63) is 46.8 Å². The van der Waals surface area contributed by atoms with Crippen molar-refractivity contribution < 1.29 is 24.6 Å². The molecule has 0 aliphatic rings. The maximum absolute atomic E-state index is 12.0.